The molecule has 0 saturated heterocycles. The third kappa shape index (κ3) is 3.97. The van der Waals surface area contributed by atoms with Crippen LogP contribution in [0.2, 0.25) is 0 Å². The lowest BCUT2D eigenvalue weighted by molar-refractivity contribution is 0.201. The fraction of sp³-hybridized carbons (Fsp3) is 0.692. The summed E-state index contributed by atoms with van der Waals surface area (Å²) < 4.78 is 0. The van der Waals surface area contributed by atoms with Crippen LogP contribution in [0.3, 0.4) is 0 Å². The molecule has 1 unspecified atom stereocenters. The van der Waals surface area contributed by atoms with Gasteiger partial charge in [-0.25, -0.2) is 9.97 Å². The maximum Gasteiger partial charge on any atom is 0.130 e. The average molecular weight is 237 g/mol. The molecule has 96 valence electrons. The monoisotopic (exact) mass is 237 g/mol. The fourth-order valence-corrected chi connectivity index (χ4v) is 1.58. The summed E-state index contributed by atoms with van der Waals surface area (Å²) in [5.41, 5.74) is 0.935. The Morgan fingerprint density at radius 3 is 2.47 bits per heavy atom. The van der Waals surface area contributed by atoms with Gasteiger partial charge in [0.1, 0.15) is 11.6 Å². The predicted octanol–water partition coefficient (Wildman–Crippen LogP) is 2.17. The van der Waals surface area contributed by atoms with Crippen LogP contribution in [-0.4, -0.2) is 27.7 Å². The second-order valence-corrected chi connectivity index (χ2v) is 5.41. The Morgan fingerprint density at radius 2 is 2.00 bits per heavy atom. The van der Waals surface area contributed by atoms with Crippen LogP contribution in [0.15, 0.2) is 6.07 Å². The first-order valence-corrected chi connectivity index (χ1v) is 6.08. The molecule has 1 aromatic heterocycles. The first-order chi connectivity index (χ1) is 7.86. The van der Waals surface area contributed by atoms with E-state index in [4.69, 9.17) is 0 Å². The molecule has 0 aromatic carbocycles. The van der Waals surface area contributed by atoms with Crippen molar-refractivity contribution < 1.29 is 5.11 Å². The van der Waals surface area contributed by atoms with Crippen molar-refractivity contribution in [2.45, 2.75) is 47.1 Å². The molecule has 1 aromatic rings. The summed E-state index contributed by atoms with van der Waals surface area (Å²) in [6.07, 6.45) is 0.815. The topological polar surface area (TPSA) is 58.0 Å². The van der Waals surface area contributed by atoms with E-state index in [9.17, 15) is 5.11 Å². The maximum absolute atomic E-state index is 9.41. The quantitative estimate of drug-likeness (QED) is 0.842. The number of aliphatic hydroxyl groups excluding tert-OH is 1. The van der Waals surface area contributed by atoms with E-state index in [-0.39, 0.29) is 18.1 Å². The van der Waals surface area contributed by atoms with Gasteiger partial charge in [0, 0.05) is 18.2 Å². The molecule has 2 N–H and O–H groups in total. The summed E-state index contributed by atoms with van der Waals surface area (Å²) in [6.45, 7) is 10.4. The first-order valence-electron chi connectivity index (χ1n) is 6.08. The van der Waals surface area contributed by atoms with Gasteiger partial charge in [0.2, 0.25) is 0 Å². The minimum absolute atomic E-state index is 0.0125. The van der Waals surface area contributed by atoms with Crippen LogP contribution >= 0.6 is 0 Å². The van der Waals surface area contributed by atoms with Gasteiger partial charge in [0.05, 0.1) is 12.6 Å². The molecule has 0 fully saturated rings. The summed E-state index contributed by atoms with van der Waals surface area (Å²) in [4.78, 5) is 8.75. The van der Waals surface area contributed by atoms with E-state index in [0.29, 0.717) is 0 Å². The van der Waals surface area contributed by atoms with Gasteiger partial charge in [-0.1, -0.05) is 27.7 Å². The number of nitrogens with one attached hydrogen (secondary N) is 1. The molecule has 0 radical (unpaired) electrons. The van der Waals surface area contributed by atoms with Gasteiger partial charge in [0.15, 0.2) is 0 Å². The van der Waals surface area contributed by atoms with E-state index in [1.54, 1.807) is 0 Å². The SMILES string of the molecule is CCc1nc(C)cc(NC(CO)C(C)(C)C)n1. The predicted molar refractivity (Wildman–Crippen MR) is 70.1 cm³/mol. The number of rotatable bonds is 4. The number of anilines is 1. The van der Waals surface area contributed by atoms with E-state index < -0.39 is 0 Å². The van der Waals surface area contributed by atoms with Gasteiger partial charge >= 0.3 is 0 Å². The molecule has 0 bridgehead atoms. The molecular weight excluding hydrogens is 214 g/mol. The minimum Gasteiger partial charge on any atom is -0.394 e. The Labute approximate surface area is 103 Å². The van der Waals surface area contributed by atoms with E-state index >= 15 is 0 Å². The van der Waals surface area contributed by atoms with Crippen LogP contribution in [0.25, 0.3) is 0 Å². The first kappa shape index (κ1) is 13.9. The highest BCUT2D eigenvalue weighted by Crippen LogP contribution is 2.22. The van der Waals surface area contributed by atoms with E-state index in [1.165, 1.54) is 0 Å². The molecule has 0 spiro atoms. The van der Waals surface area contributed by atoms with E-state index in [1.807, 2.05) is 19.9 Å². The summed E-state index contributed by atoms with van der Waals surface area (Å²) in [5.74, 6) is 1.63. The molecular formula is C13H23N3O. The molecule has 0 saturated carbocycles. The molecule has 4 nitrogen and oxygen atoms in total. The highest BCUT2D eigenvalue weighted by Gasteiger charge is 2.24. The fourth-order valence-electron chi connectivity index (χ4n) is 1.58. The number of aromatic nitrogens is 2. The van der Waals surface area contributed by atoms with Gasteiger partial charge in [-0.15, -0.1) is 0 Å². The minimum atomic E-state index is -0.0139. The zero-order valence-electron chi connectivity index (χ0n) is 11.4. The molecule has 1 atom stereocenters. The average Bonchev–Trinajstić information content (AvgIpc) is 2.23. The second-order valence-electron chi connectivity index (χ2n) is 5.41. The van der Waals surface area contributed by atoms with Crippen LogP contribution in [0.4, 0.5) is 5.82 Å². The van der Waals surface area contributed by atoms with Gasteiger partial charge in [-0.3, -0.25) is 0 Å². The van der Waals surface area contributed by atoms with Crippen LogP contribution in [-0.2, 0) is 6.42 Å². The standard InChI is InChI=1S/C13H23N3O/c1-6-11-14-9(2)7-12(16-11)15-10(8-17)13(3,4)5/h7,10,17H,6,8H2,1-5H3,(H,14,15,16). The molecule has 1 rings (SSSR count). The number of aryl methyl sites for hydroxylation is 2. The van der Waals surface area contributed by atoms with Gasteiger partial charge in [0.25, 0.3) is 0 Å². The number of aliphatic hydroxyl groups is 1. The summed E-state index contributed by atoms with van der Waals surface area (Å²) >= 11 is 0. The van der Waals surface area contributed by atoms with Crippen molar-refractivity contribution in [1.29, 1.82) is 0 Å². The molecule has 0 aliphatic carbocycles. The van der Waals surface area contributed by atoms with E-state index in [2.05, 4.69) is 36.1 Å². The van der Waals surface area contributed by atoms with Crippen molar-refractivity contribution >= 4 is 5.82 Å². The van der Waals surface area contributed by atoms with E-state index in [0.717, 1.165) is 23.8 Å². The summed E-state index contributed by atoms with van der Waals surface area (Å²) in [7, 11) is 0. The Hall–Kier alpha value is -1.16. The van der Waals surface area contributed by atoms with Crippen molar-refractivity contribution in [2.24, 2.45) is 5.41 Å². The Kier molecular flexibility index (Phi) is 4.46. The Morgan fingerprint density at radius 1 is 1.35 bits per heavy atom. The third-order valence-electron chi connectivity index (χ3n) is 2.77. The summed E-state index contributed by atoms with van der Waals surface area (Å²) in [5, 5.41) is 12.7. The highest BCUT2D eigenvalue weighted by molar-refractivity contribution is 5.37. The molecule has 0 amide bonds. The van der Waals surface area contributed by atoms with Crippen molar-refractivity contribution in [3.63, 3.8) is 0 Å². The van der Waals surface area contributed by atoms with Crippen molar-refractivity contribution in [3.8, 4) is 0 Å². The van der Waals surface area contributed by atoms with Gasteiger partial charge in [-0.05, 0) is 12.3 Å². The lowest BCUT2D eigenvalue weighted by Crippen LogP contribution is -2.37. The lowest BCUT2D eigenvalue weighted by atomic mass is 9.87. The smallest absolute Gasteiger partial charge is 0.130 e. The Bertz CT molecular complexity index is 371. The normalized spacial score (nSPS) is 13.5. The van der Waals surface area contributed by atoms with Crippen LogP contribution < -0.4 is 5.32 Å². The molecule has 1 heterocycles. The molecule has 17 heavy (non-hydrogen) atoms. The van der Waals surface area contributed by atoms with Crippen LogP contribution in [0.5, 0.6) is 0 Å². The van der Waals surface area contributed by atoms with Crippen molar-refractivity contribution in [3.05, 3.63) is 17.6 Å². The van der Waals surface area contributed by atoms with Crippen LogP contribution in [0, 0.1) is 12.3 Å². The zero-order valence-corrected chi connectivity index (χ0v) is 11.4. The second kappa shape index (κ2) is 5.45. The number of hydrogen-bond donors (Lipinski definition) is 2. The highest BCUT2D eigenvalue weighted by atomic mass is 16.3. The van der Waals surface area contributed by atoms with Crippen molar-refractivity contribution in [1.82, 2.24) is 9.97 Å². The zero-order chi connectivity index (χ0) is 13.1. The molecule has 0 aliphatic rings. The maximum atomic E-state index is 9.41. The molecule has 4 heteroatoms. The lowest BCUT2D eigenvalue weighted by Gasteiger charge is -2.30. The van der Waals surface area contributed by atoms with Crippen LogP contribution in [0.1, 0.15) is 39.2 Å². The largest absolute Gasteiger partial charge is 0.394 e. The van der Waals surface area contributed by atoms with Crippen molar-refractivity contribution in [2.75, 3.05) is 11.9 Å². The van der Waals surface area contributed by atoms with Gasteiger partial charge in [-0.2, -0.15) is 0 Å². The Balaban J connectivity index is 2.90. The molecule has 0 aliphatic heterocycles. The third-order valence-corrected chi connectivity index (χ3v) is 2.77. The number of hydrogen-bond acceptors (Lipinski definition) is 4. The van der Waals surface area contributed by atoms with Gasteiger partial charge < -0.3 is 10.4 Å². The summed E-state index contributed by atoms with van der Waals surface area (Å²) in [6, 6.07) is 1.90. The number of nitrogens with zero attached hydrogens (tertiary/aromatic N) is 2.